The van der Waals surface area contributed by atoms with Crippen LogP contribution in [0.5, 0.6) is 0 Å². The number of hydrogen-bond acceptors (Lipinski definition) is 4. The van der Waals surface area contributed by atoms with E-state index in [1.165, 1.54) is 17.0 Å². The second-order valence-corrected chi connectivity index (χ2v) is 9.01. The molecule has 3 fully saturated rings. The first-order valence-corrected chi connectivity index (χ1v) is 11.6. The zero-order valence-electron chi connectivity index (χ0n) is 18.5. The molecule has 0 aliphatic carbocycles. The Bertz CT molecular complexity index is 1050. The minimum atomic E-state index is -0.339. The van der Waals surface area contributed by atoms with Gasteiger partial charge in [-0.3, -0.25) is 19.3 Å². The van der Waals surface area contributed by atoms with Gasteiger partial charge in [-0.2, -0.15) is 0 Å². The number of benzene rings is 2. The molecule has 2 aromatic rings. The number of carbonyl (C=O) groups is 3. The van der Waals surface area contributed by atoms with Gasteiger partial charge in [0.2, 0.25) is 11.8 Å². The molecule has 0 saturated carbocycles. The number of imide groups is 1. The Morgan fingerprint density at radius 2 is 1.52 bits per heavy atom. The van der Waals surface area contributed by atoms with E-state index in [2.05, 4.69) is 4.90 Å². The SMILES string of the molecule is O=C1C[C@H]([NH+]2CCN(c3ccc(F)cc3)CC2)C(=O)N1Cc1ccc(N2CCCC2=O)cc1. The molecule has 0 spiro atoms. The number of piperazine rings is 1. The Morgan fingerprint density at radius 1 is 0.848 bits per heavy atom. The van der Waals surface area contributed by atoms with Crippen molar-refractivity contribution >= 4 is 29.1 Å². The van der Waals surface area contributed by atoms with Crippen LogP contribution in [0, 0.1) is 5.82 Å². The van der Waals surface area contributed by atoms with Crippen molar-refractivity contribution in [2.24, 2.45) is 0 Å². The monoisotopic (exact) mass is 451 g/mol. The first-order valence-electron chi connectivity index (χ1n) is 11.6. The average Bonchev–Trinajstić information content (AvgIpc) is 3.38. The maximum atomic E-state index is 13.2. The Hall–Kier alpha value is -3.26. The van der Waals surface area contributed by atoms with Gasteiger partial charge in [0, 0.05) is 24.3 Å². The summed E-state index contributed by atoms with van der Waals surface area (Å²) < 4.78 is 13.2. The summed E-state index contributed by atoms with van der Waals surface area (Å²) in [6, 6.07) is 13.7. The van der Waals surface area contributed by atoms with Crippen LogP contribution < -0.4 is 14.7 Å². The Kier molecular flexibility index (Phi) is 5.85. The topological polar surface area (TPSA) is 65.4 Å². The molecule has 0 unspecified atom stereocenters. The summed E-state index contributed by atoms with van der Waals surface area (Å²) >= 11 is 0. The van der Waals surface area contributed by atoms with E-state index in [9.17, 15) is 18.8 Å². The van der Waals surface area contributed by atoms with Crippen molar-refractivity contribution in [3.63, 3.8) is 0 Å². The number of likely N-dealkylation sites (tertiary alicyclic amines) is 1. The smallest absolute Gasteiger partial charge is 0.288 e. The van der Waals surface area contributed by atoms with E-state index in [0.29, 0.717) is 6.42 Å². The highest BCUT2D eigenvalue weighted by Gasteiger charge is 2.45. The van der Waals surface area contributed by atoms with Gasteiger partial charge in [-0.05, 0) is 48.4 Å². The predicted molar refractivity (Wildman–Crippen MR) is 121 cm³/mol. The summed E-state index contributed by atoms with van der Waals surface area (Å²) in [6.07, 6.45) is 1.70. The van der Waals surface area contributed by atoms with Crippen LogP contribution in [-0.4, -0.2) is 61.4 Å². The minimum absolute atomic E-state index is 0.107. The highest BCUT2D eigenvalue weighted by atomic mass is 19.1. The van der Waals surface area contributed by atoms with Crippen LogP contribution in [0.25, 0.3) is 0 Å². The summed E-state index contributed by atoms with van der Waals surface area (Å²) in [5.74, 6) is -0.350. The van der Waals surface area contributed by atoms with Crippen molar-refractivity contribution in [1.82, 2.24) is 4.90 Å². The van der Waals surface area contributed by atoms with Gasteiger partial charge >= 0.3 is 0 Å². The van der Waals surface area contributed by atoms with Gasteiger partial charge in [-0.15, -0.1) is 0 Å². The van der Waals surface area contributed by atoms with E-state index in [1.54, 1.807) is 17.0 Å². The number of halogens is 1. The molecule has 3 aliphatic heterocycles. The van der Waals surface area contributed by atoms with Crippen LogP contribution >= 0.6 is 0 Å². The maximum Gasteiger partial charge on any atom is 0.288 e. The molecule has 3 aliphatic rings. The highest BCUT2D eigenvalue weighted by Crippen LogP contribution is 2.23. The Morgan fingerprint density at radius 3 is 2.15 bits per heavy atom. The number of hydrogen-bond donors (Lipinski definition) is 1. The zero-order chi connectivity index (χ0) is 22.9. The molecule has 1 N–H and O–H groups in total. The third kappa shape index (κ3) is 4.35. The van der Waals surface area contributed by atoms with E-state index in [-0.39, 0.29) is 42.5 Å². The lowest BCUT2D eigenvalue weighted by Gasteiger charge is -2.35. The molecule has 3 heterocycles. The molecule has 5 rings (SSSR count). The number of amides is 3. The van der Waals surface area contributed by atoms with Crippen LogP contribution in [0.15, 0.2) is 48.5 Å². The fourth-order valence-electron chi connectivity index (χ4n) is 5.11. The standard InChI is InChI=1S/C25H27FN4O3/c26-19-5-9-20(10-6-19)27-12-14-28(15-13-27)22-16-24(32)30(25(22)33)17-18-3-7-21(8-4-18)29-11-1-2-23(29)31/h3-10,22H,1-2,11-17H2/p+1/t22-/m0/s1. The summed E-state index contributed by atoms with van der Waals surface area (Å²) in [5, 5.41) is 0. The number of carbonyl (C=O) groups excluding carboxylic acids is 3. The van der Waals surface area contributed by atoms with Crippen molar-refractivity contribution in [3.8, 4) is 0 Å². The summed E-state index contributed by atoms with van der Waals surface area (Å²) in [5.41, 5.74) is 2.72. The van der Waals surface area contributed by atoms with Crippen LogP contribution in [0.1, 0.15) is 24.8 Å². The Balaban J connectivity index is 1.19. The molecule has 8 heteroatoms. The van der Waals surface area contributed by atoms with E-state index in [0.717, 1.165) is 61.0 Å². The lowest BCUT2D eigenvalue weighted by Crippen LogP contribution is -3.19. The minimum Gasteiger partial charge on any atom is -0.360 e. The second kappa shape index (κ2) is 8.94. The highest BCUT2D eigenvalue weighted by molar-refractivity contribution is 6.04. The molecule has 0 bridgehead atoms. The summed E-state index contributed by atoms with van der Waals surface area (Å²) in [4.78, 5) is 44.2. The van der Waals surface area contributed by atoms with Gasteiger partial charge in [0.25, 0.3) is 5.91 Å². The van der Waals surface area contributed by atoms with Crippen molar-refractivity contribution in [2.45, 2.75) is 31.8 Å². The number of nitrogens with one attached hydrogen (secondary N) is 1. The number of quaternary nitrogens is 1. The normalized spacial score (nSPS) is 22.0. The quantitative estimate of drug-likeness (QED) is 0.689. The van der Waals surface area contributed by atoms with E-state index >= 15 is 0 Å². The molecule has 3 saturated heterocycles. The zero-order valence-corrected chi connectivity index (χ0v) is 18.5. The Labute approximate surface area is 192 Å². The molecule has 2 aromatic carbocycles. The average molecular weight is 452 g/mol. The van der Waals surface area contributed by atoms with E-state index < -0.39 is 0 Å². The molecular formula is C25H28FN4O3+. The largest absolute Gasteiger partial charge is 0.360 e. The van der Waals surface area contributed by atoms with E-state index in [4.69, 9.17) is 0 Å². The van der Waals surface area contributed by atoms with Gasteiger partial charge in [-0.25, -0.2) is 4.39 Å². The van der Waals surface area contributed by atoms with Gasteiger partial charge in [-0.1, -0.05) is 12.1 Å². The predicted octanol–water partition coefficient (Wildman–Crippen LogP) is 0.985. The van der Waals surface area contributed by atoms with Crippen molar-refractivity contribution in [1.29, 1.82) is 0 Å². The van der Waals surface area contributed by atoms with Crippen LogP contribution in [0.3, 0.4) is 0 Å². The number of anilines is 2. The second-order valence-electron chi connectivity index (χ2n) is 9.01. The van der Waals surface area contributed by atoms with Crippen LogP contribution in [0.4, 0.5) is 15.8 Å². The van der Waals surface area contributed by atoms with Crippen molar-refractivity contribution in [3.05, 3.63) is 59.9 Å². The molecule has 1 atom stereocenters. The number of nitrogens with zero attached hydrogens (tertiary/aromatic N) is 3. The molecule has 33 heavy (non-hydrogen) atoms. The van der Waals surface area contributed by atoms with E-state index in [1.807, 2.05) is 24.3 Å². The van der Waals surface area contributed by atoms with Crippen molar-refractivity contribution < 1.29 is 23.7 Å². The maximum absolute atomic E-state index is 13.2. The van der Waals surface area contributed by atoms with Gasteiger partial charge < -0.3 is 14.7 Å². The number of rotatable bonds is 5. The third-order valence-corrected chi connectivity index (χ3v) is 7.00. The first kappa shape index (κ1) is 21.6. The molecule has 172 valence electrons. The van der Waals surface area contributed by atoms with Gasteiger partial charge in [0.05, 0.1) is 39.1 Å². The summed E-state index contributed by atoms with van der Waals surface area (Å²) in [7, 11) is 0. The van der Waals surface area contributed by atoms with Crippen molar-refractivity contribution in [2.75, 3.05) is 42.5 Å². The van der Waals surface area contributed by atoms with Gasteiger partial charge in [0.15, 0.2) is 6.04 Å². The van der Waals surface area contributed by atoms with Crippen LogP contribution in [-0.2, 0) is 20.9 Å². The fraction of sp³-hybridized carbons (Fsp3) is 0.400. The first-order chi connectivity index (χ1) is 16.0. The van der Waals surface area contributed by atoms with Crippen LogP contribution in [0.2, 0.25) is 0 Å². The lowest BCUT2D eigenvalue weighted by molar-refractivity contribution is -0.915. The molecular weight excluding hydrogens is 423 g/mol. The molecule has 3 amide bonds. The fourth-order valence-corrected chi connectivity index (χ4v) is 5.11. The molecule has 7 nitrogen and oxygen atoms in total. The lowest BCUT2D eigenvalue weighted by atomic mass is 10.1. The third-order valence-electron chi connectivity index (χ3n) is 7.00. The molecule has 0 radical (unpaired) electrons. The molecule has 0 aromatic heterocycles. The summed E-state index contributed by atoms with van der Waals surface area (Å²) in [6.45, 7) is 4.03. The van der Waals surface area contributed by atoms with Gasteiger partial charge in [0.1, 0.15) is 5.82 Å².